The van der Waals surface area contributed by atoms with Crippen molar-refractivity contribution in [3.8, 4) is 0 Å². The molecule has 5 rings (SSSR count). The molecule has 7 nitrogen and oxygen atoms in total. The van der Waals surface area contributed by atoms with Gasteiger partial charge in [0.1, 0.15) is 12.4 Å². The summed E-state index contributed by atoms with van der Waals surface area (Å²) in [6, 6.07) is 31.4. The van der Waals surface area contributed by atoms with Crippen molar-refractivity contribution in [2.24, 2.45) is 4.99 Å². The van der Waals surface area contributed by atoms with Crippen LogP contribution in [0.15, 0.2) is 115 Å². The highest BCUT2D eigenvalue weighted by Gasteiger charge is 2.19. The molecule has 0 spiro atoms. The van der Waals surface area contributed by atoms with Crippen molar-refractivity contribution >= 4 is 32.4 Å². The van der Waals surface area contributed by atoms with Gasteiger partial charge in [0.15, 0.2) is 0 Å². The summed E-state index contributed by atoms with van der Waals surface area (Å²) in [5.41, 5.74) is 4.39. The van der Waals surface area contributed by atoms with E-state index in [2.05, 4.69) is 9.71 Å². The van der Waals surface area contributed by atoms with E-state index >= 15 is 0 Å². The van der Waals surface area contributed by atoms with Crippen LogP contribution in [0.1, 0.15) is 28.5 Å². The zero-order valence-corrected chi connectivity index (χ0v) is 20.3. The van der Waals surface area contributed by atoms with Crippen LogP contribution >= 0.6 is 0 Å². The lowest BCUT2D eigenvalue weighted by Crippen LogP contribution is -2.25. The molecule has 0 saturated heterocycles. The van der Waals surface area contributed by atoms with Crippen LogP contribution in [0.25, 0.3) is 10.8 Å². The average Bonchev–Trinajstić information content (AvgIpc) is 3.43. The Labute approximate surface area is 209 Å². The molecule has 0 amide bonds. The van der Waals surface area contributed by atoms with Crippen molar-refractivity contribution < 1.29 is 13.5 Å². The van der Waals surface area contributed by atoms with Gasteiger partial charge in [-0.15, -0.1) is 0 Å². The van der Waals surface area contributed by atoms with Crippen molar-refractivity contribution in [1.29, 1.82) is 0 Å². The minimum Gasteiger partial charge on any atom is -0.382 e. The van der Waals surface area contributed by atoms with Crippen LogP contribution in [-0.4, -0.2) is 35.2 Å². The van der Waals surface area contributed by atoms with Gasteiger partial charge in [0, 0.05) is 24.4 Å². The normalized spacial score (nSPS) is 12.4. The van der Waals surface area contributed by atoms with Crippen LogP contribution in [0.5, 0.6) is 0 Å². The number of nitrogens with one attached hydrogen (secondary N) is 1. The SMILES string of the molecule is CNS(=O)(=O)n1cnc(C(O)c2cccc3ccc(N=C(c4ccccc4)c4ccccc4)cc23)c1. The van der Waals surface area contributed by atoms with Gasteiger partial charge in [-0.05, 0) is 28.5 Å². The Morgan fingerprint density at radius 2 is 1.58 bits per heavy atom. The summed E-state index contributed by atoms with van der Waals surface area (Å²) in [5.74, 6) is 0. The van der Waals surface area contributed by atoms with Gasteiger partial charge in [0.2, 0.25) is 0 Å². The van der Waals surface area contributed by atoms with Gasteiger partial charge >= 0.3 is 10.2 Å². The summed E-state index contributed by atoms with van der Waals surface area (Å²) >= 11 is 0. The first-order valence-electron chi connectivity index (χ1n) is 11.3. The van der Waals surface area contributed by atoms with Crippen LogP contribution in [-0.2, 0) is 10.2 Å². The molecular formula is C28H24N4O3S. The fraction of sp³-hybridized carbons (Fsp3) is 0.0714. The van der Waals surface area contributed by atoms with Crippen LogP contribution in [0.4, 0.5) is 5.69 Å². The van der Waals surface area contributed by atoms with Gasteiger partial charge in [-0.25, -0.2) is 18.7 Å². The number of aliphatic imine (C=N–C) groups is 1. The Hall–Kier alpha value is -4.11. The Bertz CT molecular complexity index is 1610. The van der Waals surface area contributed by atoms with Gasteiger partial charge in [-0.3, -0.25) is 0 Å². The number of aliphatic hydroxyl groups is 1. The molecule has 8 heteroatoms. The largest absolute Gasteiger partial charge is 0.382 e. The summed E-state index contributed by atoms with van der Waals surface area (Å²) in [6.07, 6.45) is 1.35. The van der Waals surface area contributed by atoms with E-state index in [9.17, 15) is 13.5 Å². The number of hydrogen-bond acceptors (Lipinski definition) is 5. The van der Waals surface area contributed by atoms with E-state index in [0.29, 0.717) is 5.56 Å². The van der Waals surface area contributed by atoms with E-state index in [1.54, 1.807) is 6.07 Å². The van der Waals surface area contributed by atoms with Gasteiger partial charge in [0.25, 0.3) is 0 Å². The minimum atomic E-state index is -3.73. The van der Waals surface area contributed by atoms with Crippen molar-refractivity contribution in [2.75, 3.05) is 7.05 Å². The molecule has 0 aliphatic rings. The number of nitrogens with zero attached hydrogens (tertiary/aromatic N) is 3. The van der Waals surface area contributed by atoms with E-state index in [1.807, 2.05) is 91.0 Å². The molecule has 4 aromatic carbocycles. The zero-order valence-electron chi connectivity index (χ0n) is 19.5. The van der Waals surface area contributed by atoms with Crippen molar-refractivity contribution in [3.63, 3.8) is 0 Å². The predicted molar refractivity (Wildman–Crippen MR) is 142 cm³/mol. The van der Waals surface area contributed by atoms with E-state index in [-0.39, 0.29) is 5.69 Å². The molecule has 1 unspecified atom stereocenters. The molecule has 1 aromatic heterocycles. The topological polar surface area (TPSA) is 96.6 Å². The molecule has 36 heavy (non-hydrogen) atoms. The maximum atomic E-state index is 12.1. The molecule has 0 radical (unpaired) electrons. The van der Waals surface area contributed by atoms with Crippen molar-refractivity contribution in [2.45, 2.75) is 6.10 Å². The zero-order chi connectivity index (χ0) is 25.1. The lowest BCUT2D eigenvalue weighted by molar-refractivity contribution is 0.217. The van der Waals surface area contributed by atoms with Gasteiger partial charge in [0.05, 0.1) is 17.1 Å². The van der Waals surface area contributed by atoms with Crippen LogP contribution in [0.2, 0.25) is 0 Å². The third kappa shape index (κ3) is 4.70. The number of aromatic nitrogens is 2. The fourth-order valence-electron chi connectivity index (χ4n) is 4.07. The molecule has 0 bridgehead atoms. The summed E-state index contributed by atoms with van der Waals surface area (Å²) in [4.78, 5) is 9.13. The predicted octanol–water partition coefficient (Wildman–Crippen LogP) is 4.60. The first-order chi connectivity index (χ1) is 17.5. The third-order valence-electron chi connectivity index (χ3n) is 5.93. The maximum absolute atomic E-state index is 12.1. The number of fused-ring (bicyclic) bond motifs is 1. The molecule has 180 valence electrons. The van der Waals surface area contributed by atoms with Gasteiger partial charge in [-0.1, -0.05) is 84.9 Å². The summed E-state index contributed by atoms with van der Waals surface area (Å²) in [6.45, 7) is 0. The lowest BCUT2D eigenvalue weighted by atomic mass is 9.98. The first kappa shape index (κ1) is 23.6. The highest BCUT2D eigenvalue weighted by molar-refractivity contribution is 7.87. The molecule has 0 aliphatic heterocycles. The van der Waals surface area contributed by atoms with Crippen molar-refractivity contribution in [3.05, 3.63) is 132 Å². The molecular weight excluding hydrogens is 472 g/mol. The molecule has 1 atom stereocenters. The van der Waals surface area contributed by atoms with Crippen LogP contribution < -0.4 is 4.72 Å². The quantitative estimate of drug-likeness (QED) is 0.322. The minimum absolute atomic E-state index is 0.226. The lowest BCUT2D eigenvalue weighted by Gasteiger charge is -2.13. The Balaban J connectivity index is 1.60. The van der Waals surface area contributed by atoms with Crippen molar-refractivity contribution in [1.82, 2.24) is 13.7 Å². The third-order valence-corrected chi connectivity index (χ3v) is 7.20. The summed E-state index contributed by atoms with van der Waals surface area (Å²) in [7, 11) is -2.42. The Morgan fingerprint density at radius 3 is 2.22 bits per heavy atom. The van der Waals surface area contributed by atoms with Crippen LogP contribution in [0.3, 0.4) is 0 Å². The number of imidazole rings is 1. The fourth-order valence-corrected chi connectivity index (χ4v) is 4.70. The standard InChI is InChI=1S/C28H24N4O3S/c1-29-36(34,35)32-18-26(30-19-32)28(33)24-14-8-13-20-15-16-23(17-25(20)24)31-27(21-9-4-2-5-10-21)22-11-6-3-7-12-22/h2-19,28-29,33H,1H3. The molecule has 0 fully saturated rings. The van der Waals surface area contributed by atoms with E-state index in [0.717, 1.165) is 43.6 Å². The molecule has 1 heterocycles. The number of aliphatic hydroxyl groups excluding tert-OH is 1. The highest BCUT2D eigenvalue weighted by Crippen LogP contribution is 2.31. The second-order valence-electron chi connectivity index (χ2n) is 8.19. The Morgan fingerprint density at radius 1 is 0.917 bits per heavy atom. The van der Waals surface area contributed by atoms with E-state index in [4.69, 9.17) is 4.99 Å². The van der Waals surface area contributed by atoms with E-state index in [1.165, 1.54) is 13.2 Å². The second-order valence-corrected chi connectivity index (χ2v) is 9.97. The monoisotopic (exact) mass is 496 g/mol. The molecule has 2 N–H and O–H groups in total. The van der Waals surface area contributed by atoms with E-state index < -0.39 is 16.3 Å². The molecule has 0 saturated carbocycles. The second kappa shape index (κ2) is 9.87. The summed E-state index contributed by atoms with van der Waals surface area (Å²) < 4.78 is 27.3. The van der Waals surface area contributed by atoms with Gasteiger partial charge < -0.3 is 5.11 Å². The van der Waals surface area contributed by atoms with Crippen LogP contribution in [0, 0.1) is 0 Å². The summed E-state index contributed by atoms with van der Waals surface area (Å²) in [5, 5.41) is 12.9. The first-order valence-corrected chi connectivity index (χ1v) is 12.8. The average molecular weight is 497 g/mol. The number of rotatable bonds is 7. The highest BCUT2D eigenvalue weighted by atomic mass is 32.2. The Kier molecular flexibility index (Phi) is 6.47. The smallest absolute Gasteiger partial charge is 0.305 e. The number of hydrogen-bond donors (Lipinski definition) is 2. The molecule has 0 aliphatic carbocycles. The number of benzene rings is 4. The maximum Gasteiger partial charge on any atom is 0.305 e. The molecule has 5 aromatic rings. The van der Waals surface area contributed by atoms with Gasteiger partial charge in [-0.2, -0.15) is 8.42 Å².